The number of aliphatic carboxylic acids is 1. The standard InChI is InChI=1S/C16H32O2/c1-4-5-6-7-8-9-10-11-12-13-16(2,3)14-15(17)18/h4-14H2,1-3H3,(H,17,18). The van der Waals surface area contributed by atoms with Crippen molar-refractivity contribution in [3.63, 3.8) is 0 Å². The fraction of sp³-hybridized carbons (Fsp3) is 0.938. The second kappa shape index (κ2) is 10.4. The molecule has 1 N–H and O–H groups in total. The van der Waals surface area contributed by atoms with Crippen LogP contribution in [0, 0.1) is 5.41 Å². The van der Waals surface area contributed by atoms with Gasteiger partial charge in [-0.05, 0) is 11.8 Å². The van der Waals surface area contributed by atoms with E-state index in [0.717, 1.165) is 6.42 Å². The van der Waals surface area contributed by atoms with E-state index in [2.05, 4.69) is 20.8 Å². The Morgan fingerprint density at radius 3 is 1.78 bits per heavy atom. The molecule has 0 fully saturated rings. The van der Waals surface area contributed by atoms with Gasteiger partial charge < -0.3 is 5.11 Å². The summed E-state index contributed by atoms with van der Waals surface area (Å²) >= 11 is 0. The normalized spacial score (nSPS) is 11.7. The van der Waals surface area contributed by atoms with Gasteiger partial charge >= 0.3 is 5.97 Å². The fourth-order valence-corrected chi connectivity index (χ4v) is 2.41. The summed E-state index contributed by atoms with van der Waals surface area (Å²) < 4.78 is 0. The molecule has 108 valence electrons. The van der Waals surface area contributed by atoms with E-state index in [0.29, 0.717) is 6.42 Å². The molecule has 0 bridgehead atoms. The molecule has 0 saturated heterocycles. The Kier molecular flexibility index (Phi) is 10.1. The summed E-state index contributed by atoms with van der Waals surface area (Å²) in [5.41, 5.74) is -0.0348. The zero-order valence-corrected chi connectivity index (χ0v) is 12.6. The van der Waals surface area contributed by atoms with Crippen LogP contribution in [0.4, 0.5) is 0 Å². The molecule has 2 heteroatoms. The molecule has 0 aromatic heterocycles. The lowest BCUT2D eigenvalue weighted by Crippen LogP contribution is -2.16. The highest BCUT2D eigenvalue weighted by atomic mass is 16.4. The van der Waals surface area contributed by atoms with E-state index in [9.17, 15) is 4.79 Å². The van der Waals surface area contributed by atoms with Crippen LogP contribution in [-0.2, 0) is 4.79 Å². The predicted molar refractivity (Wildman–Crippen MR) is 77.9 cm³/mol. The van der Waals surface area contributed by atoms with Gasteiger partial charge in [0.15, 0.2) is 0 Å². The van der Waals surface area contributed by atoms with E-state index in [1.165, 1.54) is 57.8 Å². The number of hydrogen-bond acceptors (Lipinski definition) is 1. The maximum absolute atomic E-state index is 10.7. The van der Waals surface area contributed by atoms with Gasteiger partial charge in [-0.15, -0.1) is 0 Å². The number of hydrogen-bond donors (Lipinski definition) is 1. The van der Waals surface area contributed by atoms with Crippen LogP contribution >= 0.6 is 0 Å². The van der Waals surface area contributed by atoms with Crippen molar-refractivity contribution in [1.82, 2.24) is 0 Å². The number of carbonyl (C=O) groups is 1. The topological polar surface area (TPSA) is 37.3 Å². The van der Waals surface area contributed by atoms with Gasteiger partial charge in [0.05, 0.1) is 6.42 Å². The van der Waals surface area contributed by atoms with Gasteiger partial charge in [-0.2, -0.15) is 0 Å². The van der Waals surface area contributed by atoms with Crippen molar-refractivity contribution in [3.8, 4) is 0 Å². The van der Waals surface area contributed by atoms with Crippen molar-refractivity contribution in [2.24, 2.45) is 5.41 Å². The Bertz CT molecular complexity index is 209. The van der Waals surface area contributed by atoms with Crippen molar-refractivity contribution >= 4 is 5.97 Å². The van der Waals surface area contributed by atoms with Crippen molar-refractivity contribution in [2.45, 2.75) is 91.4 Å². The smallest absolute Gasteiger partial charge is 0.303 e. The van der Waals surface area contributed by atoms with Gasteiger partial charge in [0.1, 0.15) is 0 Å². The molecule has 0 aliphatic rings. The van der Waals surface area contributed by atoms with Crippen LogP contribution in [0.15, 0.2) is 0 Å². The van der Waals surface area contributed by atoms with Crippen LogP contribution in [0.2, 0.25) is 0 Å². The summed E-state index contributed by atoms with van der Waals surface area (Å²) in [7, 11) is 0. The number of rotatable bonds is 12. The summed E-state index contributed by atoms with van der Waals surface area (Å²) in [6, 6.07) is 0. The Balaban J connectivity index is 3.31. The molecule has 0 unspecified atom stereocenters. The van der Waals surface area contributed by atoms with Gasteiger partial charge in [-0.25, -0.2) is 0 Å². The van der Waals surface area contributed by atoms with Crippen molar-refractivity contribution in [2.75, 3.05) is 0 Å². The maximum Gasteiger partial charge on any atom is 0.303 e. The van der Waals surface area contributed by atoms with E-state index in [-0.39, 0.29) is 5.41 Å². The lowest BCUT2D eigenvalue weighted by atomic mass is 9.83. The van der Waals surface area contributed by atoms with Gasteiger partial charge in [0.25, 0.3) is 0 Å². The third-order valence-electron chi connectivity index (χ3n) is 3.59. The Hall–Kier alpha value is -0.530. The predicted octanol–water partition coefficient (Wildman–Crippen LogP) is 5.41. The summed E-state index contributed by atoms with van der Waals surface area (Å²) in [5.74, 6) is -0.670. The molecule has 0 aliphatic heterocycles. The maximum atomic E-state index is 10.7. The van der Waals surface area contributed by atoms with Gasteiger partial charge in [-0.1, -0.05) is 78.6 Å². The molecule has 0 amide bonds. The Labute approximate surface area is 113 Å². The first-order valence-electron chi connectivity index (χ1n) is 7.70. The average Bonchev–Trinajstić information content (AvgIpc) is 2.25. The van der Waals surface area contributed by atoms with Crippen LogP contribution in [0.1, 0.15) is 91.4 Å². The van der Waals surface area contributed by atoms with Crippen LogP contribution in [0.25, 0.3) is 0 Å². The van der Waals surface area contributed by atoms with Crippen LogP contribution in [0.3, 0.4) is 0 Å². The number of unbranched alkanes of at least 4 members (excludes halogenated alkanes) is 8. The molecular formula is C16H32O2. The highest BCUT2D eigenvalue weighted by molar-refractivity contribution is 5.67. The number of carboxylic acid groups (broad SMARTS) is 1. The molecule has 0 rings (SSSR count). The second-order valence-electron chi connectivity index (χ2n) is 6.31. The first-order chi connectivity index (χ1) is 8.48. The van der Waals surface area contributed by atoms with Gasteiger partial charge in [0, 0.05) is 0 Å². The molecule has 0 heterocycles. The Morgan fingerprint density at radius 2 is 1.33 bits per heavy atom. The number of carboxylic acids is 1. The monoisotopic (exact) mass is 256 g/mol. The Morgan fingerprint density at radius 1 is 0.889 bits per heavy atom. The molecule has 18 heavy (non-hydrogen) atoms. The van der Waals surface area contributed by atoms with Crippen LogP contribution in [0.5, 0.6) is 0 Å². The van der Waals surface area contributed by atoms with E-state index < -0.39 is 5.97 Å². The third-order valence-corrected chi connectivity index (χ3v) is 3.59. The summed E-state index contributed by atoms with van der Waals surface area (Å²) in [6.45, 7) is 6.37. The van der Waals surface area contributed by atoms with E-state index in [1.54, 1.807) is 0 Å². The SMILES string of the molecule is CCCCCCCCCCCC(C)(C)CC(=O)O. The van der Waals surface area contributed by atoms with Crippen molar-refractivity contribution in [1.29, 1.82) is 0 Å². The molecule has 0 saturated carbocycles. The molecule has 0 aromatic rings. The van der Waals surface area contributed by atoms with E-state index in [4.69, 9.17) is 5.11 Å². The van der Waals surface area contributed by atoms with E-state index in [1.807, 2.05) is 0 Å². The molecule has 2 nitrogen and oxygen atoms in total. The molecule has 0 aliphatic carbocycles. The summed E-state index contributed by atoms with van der Waals surface area (Å²) in [6.07, 6.45) is 13.3. The van der Waals surface area contributed by atoms with Crippen molar-refractivity contribution in [3.05, 3.63) is 0 Å². The quantitative estimate of drug-likeness (QED) is 0.474. The van der Waals surface area contributed by atoms with Gasteiger partial charge in [-0.3, -0.25) is 4.79 Å². The molecule has 0 radical (unpaired) electrons. The molecule has 0 spiro atoms. The molecule has 0 atom stereocenters. The minimum Gasteiger partial charge on any atom is -0.481 e. The minimum absolute atomic E-state index is 0.0348. The first kappa shape index (κ1) is 17.5. The fourth-order valence-electron chi connectivity index (χ4n) is 2.41. The van der Waals surface area contributed by atoms with E-state index >= 15 is 0 Å². The zero-order chi connectivity index (χ0) is 13.9. The molecule has 0 aromatic carbocycles. The summed E-state index contributed by atoms with van der Waals surface area (Å²) in [4.78, 5) is 10.7. The highest BCUT2D eigenvalue weighted by Crippen LogP contribution is 2.27. The highest BCUT2D eigenvalue weighted by Gasteiger charge is 2.20. The zero-order valence-electron chi connectivity index (χ0n) is 12.6. The van der Waals surface area contributed by atoms with Crippen LogP contribution < -0.4 is 0 Å². The third kappa shape index (κ3) is 11.9. The summed E-state index contributed by atoms with van der Waals surface area (Å²) in [5, 5.41) is 8.79. The largest absolute Gasteiger partial charge is 0.481 e. The van der Waals surface area contributed by atoms with Crippen molar-refractivity contribution < 1.29 is 9.90 Å². The lowest BCUT2D eigenvalue weighted by Gasteiger charge is -2.21. The minimum atomic E-state index is -0.670. The first-order valence-corrected chi connectivity index (χ1v) is 7.70. The average molecular weight is 256 g/mol. The van der Waals surface area contributed by atoms with Gasteiger partial charge in [0.2, 0.25) is 0 Å². The lowest BCUT2D eigenvalue weighted by molar-refractivity contribution is -0.139. The molecular weight excluding hydrogens is 224 g/mol. The van der Waals surface area contributed by atoms with Crippen LogP contribution in [-0.4, -0.2) is 11.1 Å². The second-order valence-corrected chi connectivity index (χ2v) is 6.31.